The first-order chi connectivity index (χ1) is 9.49. The normalized spacial score (nSPS) is 16.8. The summed E-state index contributed by atoms with van der Waals surface area (Å²) in [5.74, 6) is -1.26. The standard InChI is InChI=1S/C13H16FN3O3/c1-15-5-2-6-16(8-7-15)13(18)11-4-3-10(17(19)20)9-12(11)14/h3-4,9H,2,5-8H2,1H3. The smallest absolute Gasteiger partial charge is 0.272 e. The van der Waals surface area contributed by atoms with Gasteiger partial charge < -0.3 is 9.80 Å². The minimum Gasteiger partial charge on any atom is -0.337 e. The monoisotopic (exact) mass is 281 g/mol. The highest BCUT2D eigenvalue weighted by atomic mass is 19.1. The number of carbonyl (C=O) groups excluding carboxylic acids is 1. The Morgan fingerprint density at radius 2 is 2.05 bits per heavy atom. The second kappa shape index (κ2) is 5.96. The number of hydrogen-bond acceptors (Lipinski definition) is 4. The van der Waals surface area contributed by atoms with Gasteiger partial charge in [0.15, 0.2) is 0 Å². The lowest BCUT2D eigenvalue weighted by Crippen LogP contribution is -2.35. The maximum atomic E-state index is 13.8. The first-order valence-corrected chi connectivity index (χ1v) is 6.41. The van der Waals surface area contributed by atoms with E-state index in [1.54, 1.807) is 4.90 Å². The van der Waals surface area contributed by atoms with Crippen molar-refractivity contribution in [1.29, 1.82) is 0 Å². The Hall–Kier alpha value is -2.02. The summed E-state index contributed by atoms with van der Waals surface area (Å²) in [5, 5.41) is 10.6. The average Bonchev–Trinajstić information content (AvgIpc) is 2.62. The van der Waals surface area contributed by atoms with Crippen LogP contribution in [0.25, 0.3) is 0 Å². The predicted molar refractivity (Wildman–Crippen MR) is 71.1 cm³/mol. The second-order valence-corrected chi connectivity index (χ2v) is 4.87. The molecule has 0 atom stereocenters. The van der Waals surface area contributed by atoms with E-state index >= 15 is 0 Å². The number of non-ortho nitro benzene ring substituents is 1. The summed E-state index contributed by atoms with van der Waals surface area (Å²) in [6.07, 6.45) is 0.830. The van der Waals surface area contributed by atoms with Crippen LogP contribution in [0, 0.1) is 15.9 Å². The molecule has 1 aliphatic rings. The van der Waals surface area contributed by atoms with Gasteiger partial charge in [-0.15, -0.1) is 0 Å². The van der Waals surface area contributed by atoms with Crippen LogP contribution in [0.3, 0.4) is 0 Å². The molecule has 1 aromatic rings. The summed E-state index contributed by atoms with van der Waals surface area (Å²) in [4.78, 5) is 25.8. The Kier molecular flexibility index (Phi) is 4.29. The lowest BCUT2D eigenvalue weighted by atomic mass is 10.1. The third-order valence-electron chi connectivity index (χ3n) is 3.40. The van der Waals surface area contributed by atoms with E-state index < -0.39 is 16.6 Å². The molecular weight excluding hydrogens is 265 g/mol. The van der Waals surface area contributed by atoms with Crippen LogP contribution in [-0.4, -0.2) is 53.9 Å². The quantitative estimate of drug-likeness (QED) is 0.609. The van der Waals surface area contributed by atoms with E-state index in [0.29, 0.717) is 13.1 Å². The Balaban J connectivity index is 2.18. The van der Waals surface area contributed by atoms with E-state index in [0.717, 1.165) is 31.6 Å². The zero-order chi connectivity index (χ0) is 14.7. The summed E-state index contributed by atoms with van der Waals surface area (Å²) in [6, 6.07) is 3.13. The highest BCUT2D eigenvalue weighted by Crippen LogP contribution is 2.18. The third-order valence-corrected chi connectivity index (χ3v) is 3.40. The summed E-state index contributed by atoms with van der Waals surface area (Å²) in [7, 11) is 1.97. The van der Waals surface area contributed by atoms with Crippen molar-refractivity contribution >= 4 is 11.6 Å². The molecule has 2 rings (SSSR count). The maximum Gasteiger partial charge on any atom is 0.272 e. The van der Waals surface area contributed by atoms with Crippen molar-refractivity contribution < 1.29 is 14.1 Å². The second-order valence-electron chi connectivity index (χ2n) is 4.87. The first kappa shape index (κ1) is 14.4. The summed E-state index contributed by atoms with van der Waals surface area (Å²) in [6.45, 7) is 2.73. The van der Waals surface area contributed by atoms with Gasteiger partial charge in [0.05, 0.1) is 16.6 Å². The highest BCUT2D eigenvalue weighted by molar-refractivity contribution is 5.94. The van der Waals surface area contributed by atoms with E-state index in [1.165, 1.54) is 6.07 Å². The van der Waals surface area contributed by atoms with Crippen molar-refractivity contribution in [1.82, 2.24) is 9.80 Å². The van der Waals surface area contributed by atoms with Crippen LogP contribution < -0.4 is 0 Å². The Morgan fingerprint density at radius 1 is 1.30 bits per heavy atom. The molecule has 0 aliphatic carbocycles. The number of nitro groups is 1. The summed E-state index contributed by atoms with van der Waals surface area (Å²) < 4.78 is 13.8. The van der Waals surface area contributed by atoms with Crippen molar-refractivity contribution in [2.45, 2.75) is 6.42 Å². The van der Waals surface area contributed by atoms with E-state index in [9.17, 15) is 19.3 Å². The van der Waals surface area contributed by atoms with Gasteiger partial charge in [0, 0.05) is 25.7 Å². The van der Waals surface area contributed by atoms with E-state index in [4.69, 9.17) is 0 Å². The molecule has 1 aliphatic heterocycles. The molecule has 20 heavy (non-hydrogen) atoms. The molecule has 0 N–H and O–H groups in total. The number of amides is 1. The molecule has 0 aromatic heterocycles. The van der Waals surface area contributed by atoms with Crippen LogP contribution in [0.15, 0.2) is 18.2 Å². The SMILES string of the molecule is CN1CCCN(C(=O)c2ccc([N+](=O)[O-])cc2F)CC1. The fraction of sp³-hybridized carbons (Fsp3) is 0.462. The largest absolute Gasteiger partial charge is 0.337 e. The van der Waals surface area contributed by atoms with Crippen molar-refractivity contribution in [3.05, 3.63) is 39.7 Å². The Bertz CT molecular complexity index is 536. The molecule has 0 spiro atoms. The lowest BCUT2D eigenvalue weighted by molar-refractivity contribution is -0.385. The number of nitrogens with zero attached hydrogens (tertiary/aromatic N) is 3. The number of benzene rings is 1. The number of halogens is 1. The third kappa shape index (κ3) is 3.11. The molecule has 0 radical (unpaired) electrons. The highest BCUT2D eigenvalue weighted by Gasteiger charge is 2.22. The van der Waals surface area contributed by atoms with Crippen molar-refractivity contribution in [2.24, 2.45) is 0 Å². The van der Waals surface area contributed by atoms with Crippen LogP contribution in [0.1, 0.15) is 16.8 Å². The van der Waals surface area contributed by atoms with Crippen LogP contribution in [0.2, 0.25) is 0 Å². The molecule has 0 unspecified atom stereocenters. The zero-order valence-electron chi connectivity index (χ0n) is 11.2. The fourth-order valence-electron chi connectivity index (χ4n) is 2.21. The van der Waals surface area contributed by atoms with Gasteiger partial charge in [-0.2, -0.15) is 0 Å². The number of hydrogen-bond donors (Lipinski definition) is 0. The minimum atomic E-state index is -0.846. The van der Waals surface area contributed by atoms with Gasteiger partial charge in [-0.05, 0) is 26.1 Å². The molecular formula is C13H16FN3O3. The average molecular weight is 281 g/mol. The number of likely N-dealkylation sites (N-methyl/N-ethyl adjacent to an activating group) is 1. The van der Waals surface area contributed by atoms with Gasteiger partial charge in [0.1, 0.15) is 5.82 Å². The fourth-order valence-corrected chi connectivity index (χ4v) is 2.21. The minimum absolute atomic E-state index is 0.111. The summed E-state index contributed by atoms with van der Waals surface area (Å²) in [5.41, 5.74) is -0.463. The Morgan fingerprint density at radius 3 is 2.70 bits per heavy atom. The van der Waals surface area contributed by atoms with E-state index in [-0.39, 0.29) is 11.3 Å². The van der Waals surface area contributed by atoms with Gasteiger partial charge in [0.2, 0.25) is 0 Å². The molecule has 1 fully saturated rings. The molecule has 7 heteroatoms. The van der Waals surface area contributed by atoms with Crippen molar-refractivity contribution in [2.75, 3.05) is 33.2 Å². The van der Waals surface area contributed by atoms with E-state index in [2.05, 4.69) is 4.90 Å². The molecule has 1 saturated heterocycles. The van der Waals surface area contributed by atoms with Crippen molar-refractivity contribution in [3.63, 3.8) is 0 Å². The molecule has 0 saturated carbocycles. The van der Waals surface area contributed by atoms with Gasteiger partial charge in [0.25, 0.3) is 11.6 Å². The maximum absolute atomic E-state index is 13.8. The number of rotatable bonds is 2. The van der Waals surface area contributed by atoms with Crippen LogP contribution in [-0.2, 0) is 0 Å². The molecule has 108 valence electrons. The van der Waals surface area contributed by atoms with Crippen molar-refractivity contribution in [3.8, 4) is 0 Å². The first-order valence-electron chi connectivity index (χ1n) is 6.41. The van der Waals surface area contributed by atoms with Crippen LogP contribution in [0.5, 0.6) is 0 Å². The predicted octanol–water partition coefficient (Wildman–Crippen LogP) is 1.51. The molecule has 1 aromatic carbocycles. The summed E-state index contributed by atoms with van der Waals surface area (Å²) >= 11 is 0. The number of carbonyl (C=O) groups is 1. The van der Waals surface area contributed by atoms with Crippen LogP contribution >= 0.6 is 0 Å². The van der Waals surface area contributed by atoms with Gasteiger partial charge in [-0.1, -0.05) is 0 Å². The molecule has 6 nitrogen and oxygen atoms in total. The molecule has 0 bridgehead atoms. The molecule has 1 amide bonds. The Labute approximate surface area is 115 Å². The van der Waals surface area contributed by atoms with Gasteiger partial charge in [-0.3, -0.25) is 14.9 Å². The van der Waals surface area contributed by atoms with Crippen LogP contribution in [0.4, 0.5) is 10.1 Å². The zero-order valence-corrected chi connectivity index (χ0v) is 11.2. The van der Waals surface area contributed by atoms with Gasteiger partial charge in [-0.25, -0.2) is 4.39 Å². The van der Waals surface area contributed by atoms with E-state index in [1.807, 2.05) is 7.05 Å². The molecule has 1 heterocycles. The number of nitro benzene ring substituents is 1. The topological polar surface area (TPSA) is 66.7 Å². The lowest BCUT2D eigenvalue weighted by Gasteiger charge is -2.20. The van der Waals surface area contributed by atoms with Gasteiger partial charge >= 0.3 is 0 Å².